The van der Waals surface area contributed by atoms with Crippen molar-refractivity contribution < 1.29 is 13.2 Å². The fourth-order valence-electron chi connectivity index (χ4n) is 2.66. The summed E-state index contributed by atoms with van der Waals surface area (Å²) in [5.41, 5.74) is 0. The summed E-state index contributed by atoms with van der Waals surface area (Å²) in [6.45, 7) is 1.01. The number of rotatable bonds is 4. The normalized spacial score (nSPS) is 30.9. The van der Waals surface area contributed by atoms with Gasteiger partial charge in [-0.1, -0.05) is 6.42 Å². The highest BCUT2D eigenvalue weighted by atomic mass is 19.4. The van der Waals surface area contributed by atoms with Gasteiger partial charge >= 0.3 is 6.18 Å². The van der Waals surface area contributed by atoms with E-state index in [4.69, 9.17) is 0 Å². The van der Waals surface area contributed by atoms with Crippen molar-refractivity contribution in [3.05, 3.63) is 0 Å². The van der Waals surface area contributed by atoms with Crippen LogP contribution in [0.5, 0.6) is 0 Å². The summed E-state index contributed by atoms with van der Waals surface area (Å²) < 4.78 is 37.4. The molecule has 1 aliphatic heterocycles. The van der Waals surface area contributed by atoms with Crippen molar-refractivity contribution in [2.75, 3.05) is 20.1 Å². The fourth-order valence-corrected chi connectivity index (χ4v) is 2.66. The molecule has 1 heterocycles. The van der Waals surface area contributed by atoms with Gasteiger partial charge in [-0.2, -0.15) is 13.2 Å². The van der Waals surface area contributed by atoms with Gasteiger partial charge in [-0.05, 0) is 39.3 Å². The van der Waals surface area contributed by atoms with Crippen LogP contribution in [0.1, 0.15) is 32.1 Å². The van der Waals surface area contributed by atoms with Crippen molar-refractivity contribution >= 4 is 0 Å². The van der Waals surface area contributed by atoms with Crippen LogP contribution in [-0.2, 0) is 0 Å². The van der Waals surface area contributed by atoms with Crippen LogP contribution in [0.4, 0.5) is 13.2 Å². The SMILES string of the molecule is CN(CCC1CC(C(F)(F)F)CN1)C1CCC1. The predicted molar refractivity (Wildman–Crippen MR) is 60.8 cm³/mol. The first-order valence-electron chi connectivity index (χ1n) is 6.47. The molecule has 2 rings (SSSR count). The molecule has 2 unspecified atom stereocenters. The maximum absolute atomic E-state index is 12.5. The lowest BCUT2D eigenvalue weighted by Gasteiger charge is -2.35. The van der Waals surface area contributed by atoms with Gasteiger partial charge in [0.05, 0.1) is 5.92 Å². The summed E-state index contributed by atoms with van der Waals surface area (Å²) in [4.78, 5) is 2.30. The Morgan fingerprint density at radius 3 is 2.47 bits per heavy atom. The van der Waals surface area contributed by atoms with Crippen LogP contribution in [0.2, 0.25) is 0 Å². The van der Waals surface area contributed by atoms with Gasteiger partial charge in [0.1, 0.15) is 0 Å². The second-order valence-corrected chi connectivity index (χ2v) is 5.43. The number of alkyl halides is 3. The maximum Gasteiger partial charge on any atom is 0.393 e. The van der Waals surface area contributed by atoms with Crippen LogP contribution >= 0.6 is 0 Å². The molecule has 5 heteroatoms. The van der Waals surface area contributed by atoms with Crippen molar-refractivity contribution in [3.63, 3.8) is 0 Å². The predicted octanol–water partition coefficient (Wildman–Crippen LogP) is 2.40. The summed E-state index contributed by atoms with van der Waals surface area (Å²) in [5, 5.41) is 3.00. The highest BCUT2D eigenvalue weighted by Crippen LogP contribution is 2.33. The van der Waals surface area contributed by atoms with E-state index in [9.17, 15) is 13.2 Å². The van der Waals surface area contributed by atoms with E-state index in [1.54, 1.807) is 0 Å². The van der Waals surface area contributed by atoms with Gasteiger partial charge < -0.3 is 10.2 Å². The Bertz CT molecular complexity index is 251. The lowest BCUT2D eigenvalue weighted by Crippen LogP contribution is -2.39. The first-order chi connectivity index (χ1) is 7.97. The third-order valence-electron chi connectivity index (χ3n) is 4.21. The maximum atomic E-state index is 12.5. The molecular formula is C12H21F3N2. The van der Waals surface area contributed by atoms with Crippen LogP contribution < -0.4 is 5.32 Å². The lowest BCUT2D eigenvalue weighted by molar-refractivity contribution is -0.169. The molecule has 100 valence electrons. The molecule has 1 saturated heterocycles. The Kier molecular flexibility index (Phi) is 3.98. The highest BCUT2D eigenvalue weighted by molar-refractivity contribution is 4.87. The van der Waals surface area contributed by atoms with E-state index in [2.05, 4.69) is 17.3 Å². The molecule has 1 N–H and O–H groups in total. The fraction of sp³-hybridized carbons (Fsp3) is 1.00. The highest BCUT2D eigenvalue weighted by Gasteiger charge is 2.43. The van der Waals surface area contributed by atoms with E-state index in [1.807, 2.05) is 0 Å². The van der Waals surface area contributed by atoms with Gasteiger partial charge in [0, 0.05) is 18.6 Å². The van der Waals surface area contributed by atoms with Gasteiger partial charge in [-0.25, -0.2) is 0 Å². The van der Waals surface area contributed by atoms with E-state index >= 15 is 0 Å². The van der Waals surface area contributed by atoms with E-state index in [1.165, 1.54) is 19.3 Å². The van der Waals surface area contributed by atoms with Gasteiger partial charge in [0.15, 0.2) is 0 Å². The van der Waals surface area contributed by atoms with Gasteiger partial charge in [-0.3, -0.25) is 0 Å². The van der Waals surface area contributed by atoms with Crippen molar-refractivity contribution in [2.45, 2.75) is 50.4 Å². The molecule has 0 aromatic heterocycles. The minimum absolute atomic E-state index is 0.0455. The van der Waals surface area contributed by atoms with Crippen LogP contribution in [-0.4, -0.2) is 43.3 Å². The van der Waals surface area contributed by atoms with Crippen molar-refractivity contribution in [3.8, 4) is 0 Å². The lowest BCUT2D eigenvalue weighted by atomic mass is 9.91. The topological polar surface area (TPSA) is 15.3 Å². The number of halogens is 3. The smallest absolute Gasteiger partial charge is 0.313 e. The third kappa shape index (κ3) is 3.35. The molecule has 1 aliphatic carbocycles. The minimum atomic E-state index is -4.03. The summed E-state index contributed by atoms with van der Waals surface area (Å²) in [6, 6.07) is 0.721. The number of hydrogen-bond donors (Lipinski definition) is 1. The van der Waals surface area contributed by atoms with Crippen molar-refractivity contribution in [1.29, 1.82) is 0 Å². The molecule has 0 spiro atoms. The first-order valence-corrected chi connectivity index (χ1v) is 6.47. The van der Waals surface area contributed by atoms with Crippen LogP contribution in [0, 0.1) is 5.92 Å². The van der Waals surface area contributed by atoms with E-state index < -0.39 is 12.1 Å². The first kappa shape index (κ1) is 13.1. The number of hydrogen-bond acceptors (Lipinski definition) is 2. The molecule has 0 amide bonds. The molecule has 0 aromatic carbocycles. The third-order valence-corrected chi connectivity index (χ3v) is 4.21. The van der Waals surface area contributed by atoms with Crippen LogP contribution in [0.3, 0.4) is 0 Å². The standard InChI is InChI=1S/C12H21F3N2/c1-17(11-3-2-4-11)6-5-10-7-9(8-16-10)12(13,14)15/h9-11,16H,2-8H2,1H3. The van der Waals surface area contributed by atoms with Gasteiger partial charge in [0.2, 0.25) is 0 Å². The van der Waals surface area contributed by atoms with Crippen LogP contribution in [0.15, 0.2) is 0 Å². The molecule has 2 fully saturated rings. The van der Waals surface area contributed by atoms with Gasteiger partial charge in [0.25, 0.3) is 0 Å². The molecule has 17 heavy (non-hydrogen) atoms. The molecular weight excluding hydrogens is 229 g/mol. The minimum Gasteiger partial charge on any atom is -0.313 e. The van der Waals surface area contributed by atoms with E-state index in [0.717, 1.165) is 13.0 Å². The zero-order chi connectivity index (χ0) is 12.5. The summed E-state index contributed by atoms with van der Waals surface area (Å²) in [7, 11) is 2.08. The Morgan fingerprint density at radius 1 is 1.29 bits per heavy atom. The summed E-state index contributed by atoms with van der Waals surface area (Å²) in [6.07, 6.45) is 0.857. The van der Waals surface area contributed by atoms with Gasteiger partial charge in [-0.15, -0.1) is 0 Å². The zero-order valence-electron chi connectivity index (χ0n) is 10.3. The molecule has 0 radical (unpaired) electrons. The number of nitrogens with zero attached hydrogens (tertiary/aromatic N) is 1. The van der Waals surface area contributed by atoms with Crippen molar-refractivity contribution in [1.82, 2.24) is 10.2 Å². The molecule has 2 aliphatic rings. The average molecular weight is 250 g/mol. The second-order valence-electron chi connectivity index (χ2n) is 5.43. The Labute approximate surface area is 101 Å². The summed E-state index contributed by atoms with van der Waals surface area (Å²) >= 11 is 0. The molecule has 0 aromatic rings. The quantitative estimate of drug-likeness (QED) is 0.824. The number of nitrogens with one attached hydrogen (secondary N) is 1. The second kappa shape index (κ2) is 5.14. The largest absolute Gasteiger partial charge is 0.393 e. The van der Waals surface area contributed by atoms with E-state index in [0.29, 0.717) is 6.04 Å². The average Bonchev–Trinajstić information content (AvgIpc) is 2.59. The Balaban J connectivity index is 1.67. The van der Waals surface area contributed by atoms with Crippen LogP contribution in [0.25, 0.3) is 0 Å². The molecule has 0 bridgehead atoms. The Morgan fingerprint density at radius 2 is 2.00 bits per heavy atom. The zero-order valence-corrected chi connectivity index (χ0v) is 10.3. The van der Waals surface area contributed by atoms with E-state index in [-0.39, 0.29) is 19.0 Å². The van der Waals surface area contributed by atoms with Crippen molar-refractivity contribution in [2.24, 2.45) is 5.92 Å². The monoisotopic (exact) mass is 250 g/mol. The molecule has 1 saturated carbocycles. The Hall–Kier alpha value is -0.290. The molecule has 2 nitrogen and oxygen atoms in total. The molecule has 2 atom stereocenters. The summed E-state index contributed by atoms with van der Waals surface area (Å²) in [5.74, 6) is -1.14.